The zero-order chi connectivity index (χ0) is 24.9. The van der Waals surface area contributed by atoms with E-state index >= 15 is 0 Å². The molecule has 0 spiro atoms. The minimum Gasteiger partial charge on any atom is -0.385 e. The normalized spacial score (nSPS) is 11.6. The number of fused-ring (bicyclic) bond motifs is 5. The van der Waals surface area contributed by atoms with Crippen molar-refractivity contribution in [2.75, 3.05) is 5.73 Å². The summed E-state index contributed by atoms with van der Waals surface area (Å²) in [5.74, 6) is 0.781. The van der Waals surface area contributed by atoms with Crippen LogP contribution in [-0.4, -0.2) is 9.13 Å². The third-order valence-corrected chi connectivity index (χ3v) is 7.54. The van der Waals surface area contributed by atoms with E-state index in [2.05, 4.69) is 131 Å². The van der Waals surface area contributed by atoms with E-state index in [-0.39, 0.29) is 0 Å². The summed E-state index contributed by atoms with van der Waals surface area (Å²) in [7, 11) is 0. The van der Waals surface area contributed by atoms with Crippen molar-refractivity contribution in [3.8, 4) is 11.4 Å². The first-order valence-corrected chi connectivity index (χ1v) is 12.7. The predicted octanol–water partition coefficient (Wildman–Crippen LogP) is 8.21. The fraction of sp³-hybridized carbons (Fsp3) is 0.0588. The summed E-state index contributed by atoms with van der Waals surface area (Å²) >= 11 is 0. The molecule has 3 nitrogen and oxygen atoms in total. The van der Waals surface area contributed by atoms with Crippen LogP contribution in [-0.2, 0) is 6.42 Å². The van der Waals surface area contributed by atoms with Gasteiger partial charge in [0.1, 0.15) is 5.82 Å². The van der Waals surface area contributed by atoms with Crippen molar-refractivity contribution >= 4 is 38.5 Å². The van der Waals surface area contributed by atoms with Gasteiger partial charge < -0.3 is 10.3 Å². The highest BCUT2D eigenvalue weighted by Gasteiger charge is 2.22. The first kappa shape index (κ1) is 21.5. The minimum absolute atomic E-state index is 0.781. The van der Waals surface area contributed by atoms with Crippen LogP contribution in [0.1, 0.15) is 16.7 Å². The molecule has 0 fully saturated rings. The van der Waals surface area contributed by atoms with Gasteiger partial charge in [0.2, 0.25) is 0 Å². The number of hydrogen-bond acceptors (Lipinski definition) is 1. The van der Waals surface area contributed by atoms with Crippen molar-refractivity contribution < 1.29 is 0 Å². The summed E-state index contributed by atoms with van der Waals surface area (Å²) in [4.78, 5) is 0. The second-order valence-electron chi connectivity index (χ2n) is 9.68. The molecule has 3 heteroatoms. The Morgan fingerprint density at radius 3 is 2.08 bits per heavy atom. The molecular formula is C34H27N3. The summed E-state index contributed by atoms with van der Waals surface area (Å²) in [5, 5.41) is 3.69. The van der Waals surface area contributed by atoms with Gasteiger partial charge in [-0.15, -0.1) is 0 Å². The molecular weight excluding hydrogens is 450 g/mol. The Balaban J connectivity index is 1.60. The standard InChI is InChI=1S/C34H27N3/c1-23-32-31(36(34(23)35)26-15-6-3-7-16-26)21-20-28-27-17-9-11-19-30(27)37(33(28)32)29-18-10-8-14-25(29)22-24-12-4-2-5-13-24/h2-21H,22,35H2,1H3. The van der Waals surface area contributed by atoms with Gasteiger partial charge in [-0.3, -0.25) is 4.57 Å². The average Bonchev–Trinajstić information content (AvgIpc) is 3.41. The van der Waals surface area contributed by atoms with Crippen LogP contribution in [0.2, 0.25) is 0 Å². The minimum atomic E-state index is 0.781. The maximum atomic E-state index is 6.81. The fourth-order valence-electron chi connectivity index (χ4n) is 5.83. The number of aromatic nitrogens is 2. The van der Waals surface area contributed by atoms with Crippen LogP contribution < -0.4 is 5.73 Å². The SMILES string of the molecule is Cc1c(N)n(-c2ccccc2)c2ccc3c4ccccc4n(-c4ccccc4Cc4ccccc4)c3c12. The molecule has 37 heavy (non-hydrogen) atoms. The van der Waals surface area contributed by atoms with Crippen molar-refractivity contribution in [3.05, 3.63) is 138 Å². The molecule has 0 saturated heterocycles. The van der Waals surface area contributed by atoms with Crippen molar-refractivity contribution in [2.45, 2.75) is 13.3 Å². The Morgan fingerprint density at radius 2 is 1.27 bits per heavy atom. The first-order valence-electron chi connectivity index (χ1n) is 12.7. The van der Waals surface area contributed by atoms with Gasteiger partial charge in [-0.25, -0.2) is 0 Å². The zero-order valence-corrected chi connectivity index (χ0v) is 20.7. The number of nitrogens with two attached hydrogens (primary N) is 1. The molecule has 0 amide bonds. The summed E-state index contributed by atoms with van der Waals surface area (Å²) < 4.78 is 4.63. The van der Waals surface area contributed by atoms with Crippen LogP contribution in [0.15, 0.2) is 121 Å². The molecule has 0 aliphatic carbocycles. The van der Waals surface area contributed by atoms with Crippen molar-refractivity contribution in [1.82, 2.24) is 9.13 Å². The Kier molecular flexibility index (Phi) is 4.90. The summed E-state index contributed by atoms with van der Waals surface area (Å²) in [5.41, 5.74) is 16.3. The van der Waals surface area contributed by atoms with Crippen LogP contribution in [0, 0.1) is 6.92 Å². The van der Waals surface area contributed by atoms with Crippen LogP contribution in [0.3, 0.4) is 0 Å². The van der Waals surface area contributed by atoms with Crippen LogP contribution in [0.5, 0.6) is 0 Å². The van der Waals surface area contributed by atoms with E-state index in [0.717, 1.165) is 29.0 Å². The number of aryl methyl sites for hydroxylation is 1. The molecule has 178 valence electrons. The largest absolute Gasteiger partial charge is 0.385 e. The Morgan fingerprint density at radius 1 is 0.595 bits per heavy atom. The maximum Gasteiger partial charge on any atom is 0.112 e. The van der Waals surface area contributed by atoms with E-state index in [0.29, 0.717) is 0 Å². The molecule has 2 heterocycles. The molecule has 0 aliphatic rings. The van der Waals surface area contributed by atoms with Crippen LogP contribution in [0.4, 0.5) is 5.82 Å². The molecule has 0 atom stereocenters. The van der Waals surface area contributed by atoms with Gasteiger partial charge in [0.15, 0.2) is 0 Å². The highest BCUT2D eigenvalue weighted by Crippen LogP contribution is 2.41. The summed E-state index contributed by atoms with van der Waals surface area (Å²) in [6.45, 7) is 2.15. The monoisotopic (exact) mass is 477 g/mol. The Bertz CT molecular complexity index is 1910. The lowest BCUT2D eigenvalue weighted by atomic mass is 10.0. The van der Waals surface area contributed by atoms with Gasteiger partial charge in [-0.05, 0) is 54.8 Å². The number of anilines is 1. The van der Waals surface area contributed by atoms with Crippen LogP contribution >= 0.6 is 0 Å². The number of hydrogen-bond donors (Lipinski definition) is 1. The highest BCUT2D eigenvalue weighted by atomic mass is 15.1. The molecule has 5 aromatic carbocycles. The molecule has 0 bridgehead atoms. The van der Waals surface area contributed by atoms with Gasteiger partial charge in [0, 0.05) is 33.1 Å². The van der Waals surface area contributed by atoms with Gasteiger partial charge in [0.05, 0.1) is 16.6 Å². The van der Waals surface area contributed by atoms with Crippen molar-refractivity contribution in [3.63, 3.8) is 0 Å². The lowest BCUT2D eigenvalue weighted by molar-refractivity contribution is 1.10. The predicted molar refractivity (Wildman–Crippen MR) is 156 cm³/mol. The number of rotatable bonds is 4. The second-order valence-corrected chi connectivity index (χ2v) is 9.68. The van der Waals surface area contributed by atoms with Crippen molar-refractivity contribution in [2.24, 2.45) is 0 Å². The number of benzene rings is 5. The molecule has 2 aromatic heterocycles. The third kappa shape index (κ3) is 3.28. The van der Waals surface area contributed by atoms with E-state index in [4.69, 9.17) is 5.73 Å². The molecule has 0 radical (unpaired) electrons. The maximum absolute atomic E-state index is 6.81. The molecule has 7 rings (SSSR count). The zero-order valence-electron chi connectivity index (χ0n) is 20.7. The van der Waals surface area contributed by atoms with Gasteiger partial charge in [-0.2, -0.15) is 0 Å². The lowest BCUT2D eigenvalue weighted by Gasteiger charge is -2.15. The van der Waals surface area contributed by atoms with E-state index in [1.165, 1.54) is 44.0 Å². The summed E-state index contributed by atoms with van der Waals surface area (Å²) in [6, 6.07) is 43.1. The Labute approximate surface area is 216 Å². The number of nitrogen functional groups attached to an aromatic ring is 1. The first-order chi connectivity index (χ1) is 18.2. The van der Waals surface area contributed by atoms with E-state index in [9.17, 15) is 0 Å². The van der Waals surface area contributed by atoms with E-state index in [1.54, 1.807) is 0 Å². The van der Waals surface area contributed by atoms with Crippen LogP contribution in [0.25, 0.3) is 44.1 Å². The highest BCUT2D eigenvalue weighted by molar-refractivity contribution is 6.20. The molecule has 0 unspecified atom stereocenters. The average molecular weight is 478 g/mol. The van der Waals surface area contributed by atoms with Gasteiger partial charge >= 0.3 is 0 Å². The number of para-hydroxylation sites is 3. The number of nitrogens with zero attached hydrogens (tertiary/aromatic N) is 2. The smallest absolute Gasteiger partial charge is 0.112 e. The topological polar surface area (TPSA) is 35.9 Å². The molecule has 7 aromatic rings. The van der Waals surface area contributed by atoms with Gasteiger partial charge in [0.25, 0.3) is 0 Å². The molecule has 2 N–H and O–H groups in total. The van der Waals surface area contributed by atoms with E-state index < -0.39 is 0 Å². The van der Waals surface area contributed by atoms with Crippen molar-refractivity contribution in [1.29, 1.82) is 0 Å². The quantitative estimate of drug-likeness (QED) is 0.272. The third-order valence-electron chi connectivity index (χ3n) is 7.54. The lowest BCUT2D eigenvalue weighted by Crippen LogP contribution is -2.01. The Hall–Kier alpha value is -4.76. The second kappa shape index (κ2) is 8.42. The molecule has 0 aliphatic heterocycles. The van der Waals surface area contributed by atoms with Gasteiger partial charge in [-0.1, -0.05) is 91.0 Å². The summed E-state index contributed by atoms with van der Waals surface area (Å²) in [6.07, 6.45) is 0.868. The molecule has 0 saturated carbocycles. The fourth-order valence-corrected chi connectivity index (χ4v) is 5.83. The van der Waals surface area contributed by atoms with E-state index in [1.807, 2.05) is 6.07 Å².